The molecule has 0 atom stereocenters. The molecule has 1 aliphatic rings. The van der Waals surface area contributed by atoms with Crippen LogP contribution in [-0.2, 0) is 4.74 Å². The second-order valence-corrected chi connectivity index (χ2v) is 1.86. The van der Waals surface area contributed by atoms with Crippen LogP contribution in [0.25, 0.3) is 0 Å². The highest BCUT2D eigenvalue weighted by atomic mass is 16.5. The fourth-order valence-electron chi connectivity index (χ4n) is 0.683. The molecule has 0 fully saturated rings. The predicted octanol–water partition coefficient (Wildman–Crippen LogP) is -0.917. The van der Waals surface area contributed by atoms with E-state index in [-0.39, 0.29) is 6.61 Å². The summed E-state index contributed by atoms with van der Waals surface area (Å²) in [5.41, 5.74) is 4.73. The first kappa shape index (κ1) is 6.85. The summed E-state index contributed by atoms with van der Waals surface area (Å²) in [6.07, 6.45) is -0.767. The topological polar surface area (TPSA) is 76.7 Å². The number of nitrogens with two attached hydrogens (primary N) is 1. The third-order valence-corrected chi connectivity index (χ3v) is 1.09. The quantitative estimate of drug-likeness (QED) is 0.525. The number of hydrogen-bond acceptors (Lipinski definition) is 4. The van der Waals surface area contributed by atoms with E-state index in [1.54, 1.807) is 0 Å². The second kappa shape index (κ2) is 3.05. The minimum atomic E-state index is -0.767. The van der Waals surface area contributed by atoms with Crippen molar-refractivity contribution in [1.29, 1.82) is 0 Å². The molecule has 0 radical (unpaired) electrons. The highest BCUT2D eigenvalue weighted by molar-refractivity contribution is 5.86. The lowest BCUT2D eigenvalue weighted by Crippen LogP contribution is -2.26. The van der Waals surface area contributed by atoms with E-state index < -0.39 is 6.09 Å². The number of aliphatic imine (C=N–C) groups is 1. The minimum Gasteiger partial charge on any atom is -0.442 e. The lowest BCUT2D eigenvalue weighted by molar-refractivity contribution is 0.172. The molecule has 0 aromatic carbocycles. The molecule has 0 bridgehead atoms. The molecule has 1 heterocycles. The van der Waals surface area contributed by atoms with E-state index in [0.29, 0.717) is 5.84 Å². The molecule has 1 amide bonds. The van der Waals surface area contributed by atoms with E-state index in [2.05, 4.69) is 15.0 Å². The third kappa shape index (κ3) is 1.93. The average molecular weight is 143 g/mol. The molecule has 0 saturated heterocycles. The molecule has 1 aliphatic heterocycles. The van der Waals surface area contributed by atoms with Crippen LogP contribution < -0.4 is 11.1 Å². The van der Waals surface area contributed by atoms with Crippen molar-refractivity contribution in [3.05, 3.63) is 0 Å². The van der Waals surface area contributed by atoms with Gasteiger partial charge in [0.15, 0.2) is 6.61 Å². The van der Waals surface area contributed by atoms with Gasteiger partial charge in [0.25, 0.3) is 0 Å². The first-order chi connectivity index (χ1) is 4.79. The molecule has 3 N–H and O–H groups in total. The van der Waals surface area contributed by atoms with Crippen LogP contribution in [0.2, 0.25) is 0 Å². The maximum absolute atomic E-state index is 10.1. The highest BCUT2D eigenvalue weighted by Gasteiger charge is 2.05. The van der Waals surface area contributed by atoms with Gasteiger partial charge in [0.1, 0.15) is 5.84 Å². The number of nitrogens with zero attached hydrogens (tertiary/aromatic N) is 1. The third-order valence-electron chi connectivity index (χ3n) is 1.09. The number of primary amides is 1. The number of amidine groups is 1. The molecule has 56 valence electrons. The van der Waals surface area contributed by atoms with Crippen molar-refractivity contribution in [2.75, 3.05) is 19.7 Å². The van der Waals surface area contributed by atoms with Gasteiger partial charge in [0.05, 0.1) is 6.54 Å². The average Bonchev–Trinajstić information content (AvgIpc) is 2.34. The largest absolute Gasteiger partial charge is 0.442 e. The molecule has 10 heavy (non-hydrogen) atoms. The molecule has 0 aromatic rings. The predicted molar refractivity (Wildman–Crippen MR) is 35.8 cm³/mol. The number of rotatable bonds is 2. The Morgan fingerprint density at radius 2 is 2.70 bits per heavy atom. The summed E-state index contributed by atoms with van der Waals surface area (Å²) >= 11 is 0. The van der Waals surface area contributed by atoms with Crippen LogP contribution in [0.15, 0.2) is 4.99 Å². The monoisotopic (exact) mass is 143 g/mol. The zero-order valence-electron chi connectivity index (χ0n) is 5.46. The van der Waals surface area contributed by atoms with Gasteiger partial charge in [-0.1, -0.05) is 0 Å². The maximum atomic E-state index is 10.1. The molecular formula is C5H9N3O2. The Kier molecular flexibility index (Phi) is 2.09. The Morgan fingerprint density at radius 1 is 1.90 bits per heavy atom. The zero-order chi connectivity index (χ0) is 7.40. The van der Waals surface area contributed by atoms with Crippen LogP contribution in [0.5, 0.6) is 0 Å². The van der Waals surface area contributed by atoms with Crippen molar-refractivity contribution < 1.29 is 9.53 Å². The van der Waals surface area contributed by atoms with Crippen molar-refractivity contribution in [3.63, 3.8) is 0 Å². The van der Waals surface area contributed by atoms with Crippen LogP contribution in [0.3, 0.4) is 0 Å². The zero-order valence-corrected chi connectivity index (χ0v) is 5.46. The van der Waals surface area contributed by atoms with Gasteiger partial charge < -0.3 is 15.8 Å². The van der Waals surface area contributed by atoms with E-state index in [1.165, 1.54) is 0 Å². The van der Waals surface area contributed by atoms with Crippen molar-refractivity contribution >= 4 is 11.9 Å². The standard InChI is InChI=1S/C5H9N3O2/c6-5(9)10-3-4-7-1-2-8-4/h1-3H2,(H2,6,9)(H,7,8). The summed E-state index contributed by atoms with van der Waals surface area (Å²) in [7, 11) is 0. The molecule has 0 unspecified atom stereocenters. The van der Waals surface area contributed by atoms with Crippen LogP contribution in [0.1, 0.15) is 0 Å². The molecule has 5 heteroatoms. The van der Waals surface area contributed by atoms with E-state index in [9.17, 15) is 4.79 Å². The molecule has 1 rings (SSSR count). The SMILES string of the molecule is NC(=O)OCC1=NCCN1. The normalized spacial score (nSPS) is 15.8. The smallest absolute Gasteiger partial charge is 0.404 e. The molecule has 5 nitrogen and oxygen atoms in total. The van der Waals surface area contributed by atoms with Crippen molar-refractivity contribution in [2.45, 2.75) is 0 Å². The van der Waals surface area contributed by atoms with Crippen LogP contribution in [0.4, 0.5) is 4.79 Å². The summed E-state index contributed by atoms with van der Waals surface area (Å²) in [5, 5.41) is 2.93. The van der Waals surface area contributed by atoms with Crippen molar-refractivity contribution in [3.8, 4) is 0 Å². The van der Waals surface area contributed by atoms with Gasteiger partial charge in [-0.25, -0.2) is 4.79 Å². The Morgan fingerprint density at radius 3 is 3.20 bits per heavy atom. The fraction of sp³-hybridized carbons (Fsp3) is 0.600. The minimum absolute atomic E-state index is 0.162. The molecule has 0 aromatic heterocycles. The maximum Gasteiger partial charge on any atom is 0.404 e. The lowest BCUT2D eigenvalue weighted by Gasteiger charge is -2.00. The van der Waals surface area contributed by atoms with Crippen molar-refractivity contribution in [2.24, 2.45) is 10.7 Å². The van der Waals surface area contributed by atoms with Gasteiger partial charge in [-0.15, -0.1) is 0 Å². The fourth-order valence-corrected chi connectivity index (χ4v) is 0.683. The first-order valence-electron chi connectivity index (χ1n) is 2.98. The number of carbonyl (C=O) groups is 1. The van der Waals surface area contributed by atoms with Gasteiger partial charge in [-0.05, 0) is 0 Å². The summed E-state index contributed by atoms with van der Waals surface area (Å²) in [5.74, 6) is 0.693. The number of ether oxygens (including phenoxy) is 1. The second-order valence-electron chi connectivity index (χ2n) is 1.86. The summed E-state index contributed by atoms with van der Waals surface area (Å²) in [6, 6.07) is 0. The van der Waals surface area contributed by atoms with E-state index in [4.69, 9.17) is 5.73 Å². The number of amides is 1. The Hall–Kier alpha value is -1.26. The van der Waals surface area contributed by atoms with Gasteiger partial charge in [-0.2, -0.15) is 0 Å². The van der Waals surface area contributed by atoms with Gasteiger partial charge in [0, 0.05) is 6.54 Å². The highest BCUT2D eigenvalue weighted by Crippen LogP contribution is 1.85. The van der Waals surface area contributed by atoms with Gasteiger partial charge in [-0.3, -0.25) is 4.99 Å². The number of carbonyl (C=O) groups excluding carboxylic acids is 1. The van der Waals surface area contributed by atoms with Gasteiger partial charge in [0.2, 0.25) is 0 Å². The Balaban J connectivity index is 2.19. The summed E-state index contributed by atoms with van der Waals surface area (Å²) in [6.45, 7) is 1.73. The molecule has 0 saturated carbocycles. The number of nitrogens with one attached hydrogen (secondary N) is 1. The van der Waals surface area contributed by atoms with E-state index >= 15 is 0 Å². The van der Waals surface area contributed by atoms with Crippen LogP contribution in [0, 0.1) is 0 Å². The van der Waals surface area contributed by atoms with Crippen LogP contribution in [-0.4, -0.2) is 31.6 Å². The molecule has 0 aliphatic carbocycles. The van der Waals surface area contributed by atoms with Gasteiger partial charge >= 0.3 is 6.09 Å². The molecule has 0 spiro atoms. The van der Waals surface area contributed by atoms with E-state index in [0.717, 1.165) is 13.1 Å². The first-order valence-corrected chi connectivity index (χ1v) is 2.98. The summed E-state index contributed by atoms with van der Waals surface area (Å²) in [4.78, 5) is 14.1. The Labute approximate surface area is 58.3 Å². The lowest BCUT2D eigenvalue weighted by atomic mass is 10.6. The summed E-state index contributed by atoms with van der Waals surface area (Å²) < 4.78 is 4.47. The van der Waals surface area contributed by atoms with E-state index in [1.807, 2.05) is 0 Å². The molecular weight excluding hydrogens is 134 g/mol. The van der Waals surface area contributed by atoms with Crippen LogP contribution >= 0.6 is 0 Å². The Bertz CT molecular complexity index is 166. The van der Waals surface area contributed by atoms with Crippen molar-refractivity contribution in [1.82, 2.24) is 5.32 Å². The number of hydrogen-bond donors (Lipinski definition) is 2.